The number of carbonyl (C=O) groups is 2. The number of halogens is 1. The molecule has 1 atom stereocenters. The first-order valence-corrected chi connectivity index (χ1v) is 15.0. The Morgan fingerprint density at radius 2 is 1.74 bits per heavy atom. The van der Waals surface area contributed by atoms with Gasteiger partial charge in [0.2, 0.25) is 11.8 Å². The van der Waals surface area contributed by atoms with Crippen molar-refractivity contribution in [2.45, 2.75) is 44.7 Å². The Labute approximate surface area is 250 Å². The highest BCUT2D eigenvalue weighted by Gasteiger charge is 2.34. The van der Waals surface area contributed by atoms with E-state index in [1.807, 2.05) is 0 Å². The Morgan fingerprint density at radius 3 is 2.31 bits per heavy atom. The van der Waals surface area contributed by atoms with Gasteiger partial charge in [-0.15, -0.1) is 0 Å². The van der Waals surface area contributed by atoms with Crippen molar-refractivity contribution in [3.8, 4) is 5.75 Å². The van der Waals surface area contributed by atoms with Gasteiger partial charge in [0.15, 0.2) is 0 Å². The average molecular weight is 617 g/mol. The average Bonchev–Trinajstić information content (AvgIpc) is 2.96. The van der Waals surface area contributed by atoms with E-state index in [4.69, 9.17) is 16.3 Å². The Bertz CT molecular complexity index is 1550. The molecule has 0 aliphatic carbocycles. The van der Waals surface area contributed by atoms with Crippen molar-refractivity contribution in [1.82, 2.24) is 10.2 Å². The molecule has 0 fully saturated rings. The summed E-state index contributed by atoms with van der Waals surface area (Å²) in [6.45, 7) is 4.58. The number of nitrogens with zero attached hydrogens (tertiary/aromatic N) is 3. The smallest absolute Gasteiger partial charge is 0.273 e. The third-order valence-corrected chi connectivity index (χ3v) is 8.78. The summed E-state index contributed by atoms with van der Waals surface area (Å²) in [6, 6.07) is 15.5. The van der Waals surface area contributed by atoms with Crippen molar-refractivity contribution < 1.29 is 27.7 Å². The highest BCUT2D eigenvalue weighted by atomic mass is 35.5. The Hall–Kier alpha value is -4.16. The van der Waals surface area contributed by atoms with Crippen LogP contribution in [0.25, 0.3) is 0 Å². The van der Waals surface area contributed by atoms with Crippen LogP contribution in [-0.4, -0.2) is 56.3 Å². The third kappa shape index (κ3) is 7.37. The molecule has 42 heavy (non-hydrogen) atoms. The van der Waals surface area contributed by atoms with Crippen LogP contribution in [0.3, 0.4) is 0 Å². The van der Waals surface area contributed by atoms with E-state index in [0.29, 0.717) is 22.9 Å². The largest absolute Gasteiger partial charge is 0.497 e. The third-order valence-electron chi connectivity index (χ3n) is 6.64. The van der Waals surface area contributed by atoms with Gasteiger partial charge in [-0.2, -0.15) is 0 Å². The fraction of sp³-hybridized carbons (Fsp3) is 0.310. The predicted octanol–water partition coefficient (Wildman–Crippen LogP) is 4.70. The van der Waals surface area contributed by atoms with Gasteiger partial charge in [0.25, 0.3) is 15.7 Å². The molecule has 0 unspecified atom stereocenters. The Kier molecular flexibility index (Phi) is 10.9. The zero-order chi connectivity index (χ0) is 31.0. The van der Waals surface area contributed by atoms with E-state index in [0.717, 1.165) is 10.4 Å². The first kappa shape index (κ1) is 32.4. The second kappa shape index (κ2) is 14.1. The molecule has 13 heteroatoms. The van der Waals surface area contributed by atoms with Gasteiger partial charge in [-0.1, -0.05) is 42.8 Å². The number of sulfonamides is 1. The number of aryl methyl sites for hydroxylation is 1. The number of amides is 2. The number of methoxy groups -OCH3 is 1. The lowest BCUT2D eigenvalue weighted by molar-refractivity contribution is -0.385. The molecule has 0 aromatic heterocycles. The van der Waals surface area contributed by atoms with Crippen molar-refractivity contribution in [3.63, 3.8) is 0 Å². The van der Waals surface area contributed by atoms with Crippen molar-refractivity contribution in [3.05, 3.63) is 93.0 Å². The number of hydrogen-bond acceptors (Lipinski definition) is 7. The van der Waals surface area contributed by atoms with Crippen LogP contribution in [-0.2, 0) is 26.2 Å². The van der Waals surface area contributed by atoms with E-state index in [1.165, 1.54) is 55.3 Å². The highest BCUT2D eigenvalue weighted by molar-refractivity contribution is 7.92. The molecular formula is C29H33ClN4O7S. The predicted molar refractivity (Wildman–Crippen MR) is 160 cm³/mol. The monoisotopic (exact) mass is 616 g/mol. The Morgan fingerprint density at radius 1 is 1.07 bits per heavy atom. The number of benzene rings is 3. The lowest BCUT2D eigenvalue weighted by Gasteiger charge is -2.33. The van der Waals surface area contributed by atoms with Crippen molar-refractivity contribution in [1.29, 1.82) is 0 Å². The molecule has 0 saturated heterocycles. The zero-order valence-electron chi connectivity index (χ0n) is 23.7. The van der Waals surface area contributed by atoms with Gasteiger partial charge in [-0.05, 0) is 62.2 Å². The number of nitro groups is 1. The number of anilines is 1. The van der Waals surface area contributed by atoms with Crippen LogP contribution in [0.1, 0.15) is 31.4 Å². The summed E-state index contributed by atoms with van der Waals surface area (Å²) < 4.78 is 34.1. The van der Waals surface area contributed by atoms with E-state index in [9.17, 15) is 28.1 Å². The van der Waals surface area contributed by atoms with Crippen molar-refractivity contribution in [2.75, 3.05) is 24.5 Å². The van der Waals surface area contributed by atoms with Gasteiger partial charge in [0.1, 0.15) is 18.3 Å². The first-order chi connectivity index (χ1) is 19.9. The molecule has 3 aromatic carbocycles. The minimum atomic E-state index is -4.51. The summed E-state index contributed by atoms with van der Waals surface area (Å²) in [5.41, 5.74) is 0.601. The van der Waals surface area contributed by atoms with E-state index >= 15 is 0 Å². The van der Waals surface area contributed by atoms with Gasteiger partial charge in [0.05, 0.1) is 22.6 Å². The lowest BCUT2D eigenvalue weighted by atomic mass is 10.1. The summed E-state index contributed by atoms with van der Waals surface area (Å²) in [7, 11) is -3.05. The number of nitro benzene ring substituents is 1. The van der Waals surface area contributed by atoms with E-state index in [2.05, 4.69) is 5.32 Å². The number of likely N-dealkylation sites (N-methyl/N-ethyl adjacent to an activating group) is 1. The molecule has 3 rings (SSSR count). The molecule has 0 spiro atoms. The molecule has 0 aliphatic rings. The maximum Gasteiger partial charge on any atom is 0.273 e. The van der Waals surface area contributed by atoms with Gasteiger partial charge >= 0.3 is 0 Å². The summed E-state index contributed by atoms with van der Waals surface area (Å²) in [4.78, 5) is 38.9. The molecule has 1 N–H and O–H groups in total. The van der Waals surface area contributed by atoms with Gasteiger partial charge in [0, 0.05) is 29.7 Å². The molecule has 224 valence electrons. The fourth-order valence-corrected chi connectivity index (χ4v) is 6.00. The normalized spacial score (nSPS) is 11.8. The maximum absolute atomic E-state index is 14.0. The van der Waals surface area contributed by atoms with Crippen LogP contribution in [0, 0.1) is 17.0 Å². The topological polar surface area (TPSA) is 139 Å². The second-order valence-corrected chi connectivity index (χ2v) is 11.6. The number of nitrogens with one attached hydrogen (secondary N) is 1. The van der Waals surface area contributed by atoms with E-state index in [-0.39, 0.29) is 34.8 Å². The van der Waals surface area contributed by atoms with Crippen LogP contribution >= 0.6 is 11.6 Å². The van der Waals surface area contributed by atoms with Gasteiger partial charge in [-0.3, -0.25) is 24.0 Å². The van der Waals surface area contributed by atoms with Crippen LogP contribution in [0.5, 0.6) is 5.75 Å². The van der Waals surface area contributed by atoms with E-state index in [1.54, 1.807) is 38.1 Å². The molecule has 11 nitrogen and oxygen atoms in total. The summed E-state index contributed by atoms with van der Waals surface area (Å²) in [6.07, 6.45) is 0.251. The minimum absolute atomic E-state index is 0.0549. The van der Waals surface area contributed by atoms with Crippen LogP contribution < -0.4 is 14.4 Å². The molecule has 0 saturated carbocycles. The molecule has 0 bridgehead atoms. The molecule has 3 aromatic rings. The molecular weight excluding hydrogens is 584 g/mol. The van der Waals surface area contributed by atoms with Crippen LogP contribution in [0.4, 0.5) is 11.4 Å². The molecule has 0 aliphatic heterocycles. The summed E-state index contributed by atoms with van der Waals surface area (Å²) >= 11 is 6.39. The molecule has 2 amide bonds. The zero-order valence-corrected chi connectivity index (χ0v) is 25.3. The molecule has 0 heterocycles. The van der Waals surface area contributed by atoms with E-state index < -0.39 is 39.3 Å². The van der Waals surface area contributed by atoms with Gasteiger partial charge in [-0.25, -0.2) is 8.42 Å². The quantitative estimate of drug-likeness (QED) is 0.217. The first-order valence-electron chi connectivity index (χ1n) is 13.2. The Balaban J connectivity index is 2.13. The van der Waals surface area contributed by atoms with Crippen LogP contribution in [0.15, 0.2) is 71.6 Å². The fourth-order valence-electron chi connectivity index (χ4n) is 4.37. The summed E-state index contributed by atoms with van der Waals surface area (Å²) in [5, 5.41) is 14.7. The lowest BCUT2D eigenvalue weighted by Crippen LogP contribution is -2.52. The number of hydrogen-bond donors (Lipinski definition) is 1. The number of rotatable bonds is 13. The van der Waals surface area contributed by atoms with Gasteiger partial charge < -0.3 is 15.0 Å². The van der Waals surface area contributed by atoms with Crippen molar-refractivity contribution >= 4 is 44.8 Å². The SMILES string of the molecule is CCNC(=O)[C@@H](CC)N(Cc1ccccc1Cl)C(=O)CN(c1ccc(OC)cc1)S(=O)(=O)c1ccc(C)c([N+](=O)[O-])c1. The minimum Gasteiger partial charge on any atom is -0.497 e. The summed E-state index contributed by atoms with van der Waals surface area (Å²) in [5.74, 6) is -0.613. The highest BCUT2D eigenvalue weighted by Crippen LogP contribution is 2.30. The van der Waals surface area contributed by atoms with Crippen LogP contribution in [0.2, 0.25) is 5.02 Å². The number of carbonyl (C=O) groups excluding carboxylic acids is 2. The number of ether oxygens (including phenoxy) is 1. The van der Waals surface area contributed by atoms with Crippen molar-refractivity contribution in [2.24, 2.45) is 0 Å². The standard InChI is InChI=1S/C29H33ClN4O7S/c1-5-26(29(36)31-6-2)32(18-21-9-7-8-10-25(21)30)28(35)19-33(22-12-14-23(41-4)15-13-22)42(39,40)24-16-11-20(3)27(17-24)34(37)38/h7-17,26H,5-6,18-19H2,1-4H3,(H,31,36)/t26-/m1/s1. The second-order valence-electron chi connectivity index (χ2n) is 9.35. The molecule has 0 radical (unpaired) electrons. The maximum atomic E-state index is 14.0.